The number of alkyl carbamates (subject to hydrolysis) is 1. The van der Waals surface area contributed by atoms with Crippen LogP contribution in [0, 0.1) is 0 Å². The Morgan fingerprint density at radius 2 is 1.96 bits per heavy atom. The molecule has 0 unspecified atom stereocenters. The molecule has 0 aliphatic heterocycles. The van der Waals surface area contributed by atoms with Crippen LogP contribution in [-0.2, 0) is 20.9 Å². The summed E-state index contributed by atoms with van der Waals surface area (Å²) < 4.78 is 9.83. The molecule has 0 spiro atoms. The van der Waals surface area contributed by atoms with Gasteiger partial charge in [-0.15, -0.1) is 11.6 Å². The van der Waals surface area contributed by atoms with Gasteiger partial charge in [-0.25, -0.2) is 9.59 Å². The third-order valence-corrected chi connectivity index (χ3v) is 3.49. The van der Waals surface area contributed by atoms with Gasteiger partial charge in [-0.05, 0) is 24.6 Å². The van der Waals surface area contributed by atoms with Gasteiger partial charge < -0.3 is 9.47 Å². The van der Waals surface area contributed by atoms with E-state index in [1.165, 1.54) is 6.08 Å². The Kier molecular flexibility index (Phi) is 8.84. The van der Waals surface area contributed by atoms with Crippen molar-refractivity contribution in [1.29, 1.82) is 0 Å². The first kappa shape index (κ1) is 19.6. The first-order valence-corrected chi connectivity index (χ1v) is 8.06. The van der Waals surface area contributed by atoms with E-state index in [-0.39, 0.29) is 19.1 Å². The van der Waals surface area contributed by atoms with Crippen LogP contribution in [0.15, 0.2) is 30.0 Å². The Morgan fingerprint density at radius 3 is 2.57 bits per heavy atom. The highest BCUT2D eigenvalue weighted by atomic mass is 35.5. The Balaban J connectivity index is 2.58. The summed E-state index contributed by atoms with van der Waals surface area (Å²) in [5, 5.41) is 3.25. The van der Waals surface area contributed by atoms with Gasteiger partial charge in [0.1, 0.15) is 6.61 Å². The lowest BCUT2D eigenvalue weighted by Gasteiger charge is -2.10. The van der Waals surface area contributed by atoms with Gasteiger partial charge in [-0.3, -0.25) is 5.32 Å². The normalized spacial score (nSPS) is 11.0. The summed E-state index contributed by atoms with van der Waals surface area (Å²) in [4.78, 5) is 23.2. The minimum absolute atomic E-state index is 0.0102. The number of allylic oxidation sites excluding steroid dienone is 1. The zero-order chi connectivity index (χ0) is 17.2. The summed E-state index contributed by atoms with van der Waals surface area (Å²) in [7, 11) is 0. The third kappa shape index (κ3) is 7.59. The molecule has 0 saturated heterocycles. The van der Waals surface area contributed by atoms with E-state index < -0.39 is 12.1 Å². The van der Waals surface area contributed by atoms with Crippen molar-refractivity contribution in [3.63, 3.8) is 0 Å². The summed E-state index contributed by atoms with van der Waals surface area (Å²) in [6.45, 7) is 1.94. The van der Waals surface area contributed by atoms with Gasteiger partial charge in [0.2, 0.25) is 0 Å². The van der Waals surface area contributed by atoms with Crippen molar-refractivity contribution in [3.05, 3.63) is 45.6 Å². The molecule has 0 aliphatic carbocycles. The fraction of sp³-hybridized carbons (Fsp3) is 0.333. The van der Waals surface area contributed by atoms with Crippen LogP contribution in [0.2, 0.25) is 10.0 Å². The topological polar surface area (TPSA) is 64.6 Å². The van der Waals surface area contributed by atoms with Crippen LogP contribution in [-0.4, -0.2) is 24.5 Å². The number of carbonyl (C=O) groups is 2. The maximum atomic E-state index is 11.8. The molecule has 0 fully saturated rings. The fourth-order valence-corrected chi connectivity index (χ4v) is 2.07. The number of nitrogens with one attached hydrogen (secondary N) is 1. The first-order valence-electron chi connectivity index (χ1n) is 6.77. The molecule has 1 amide bonds. The predicted molar refractivity (Wildman–Crippen MR) is 89.8 cm³/mol. The van der Waals surface area contributed by atoms with Crippen molar-refractivity contribution in [2.24, 2.45) is 0 Å². The number of hydrogen-bond donors (Lipinski definition) is 1. The molecule has 0 aromatic heterocycles. The van der Waals surface area contributed by atoms with Crippen LogP contribution in [0.1, 0.15) is 18.9 Å². The maximum Gasteiger partial charge on any atom is 0.411 e. The van der Waals surface area contributed by atoms with Crippen molar-refractivity contribution in [3.8, 4) is 0 Å². The number of hydrogen-bond acceptors (Lipinski definition) is 4. The number of carbonyl (C=O) groups excluding carboxylic acids is 2. The predicted octanol–water partition coefficient (Wildman–Crippen LogP) is 4.30. The molecule has 0 bridgehead atoms. The van der Waals surface area contributed by atoms with Gasteiger partial charge in [0.15, 0.2) is 0 Å². The van der Waals surface area contributed by atoms with Crippen LogP contribution in [0.4, 0.5) is 4.79 Å². The molecule has 126 valence electrons. The van der Waals surface area contributed by atoms with Gasteiger partial charge in [0.25, 0.3) is 0 Å². The summed E-state index contributed by atoms with van der Waals surface area (Å²) in [6.07, 6.45) is 0.755. The molecule has 1 N–H and O–H groups in total. The number of esters is 1. The second-order valence-electron chi connectivity index (χ2n) is 4.31. The van der Waals surface area contributed by atoms with E-state index in [0.29, 0.717) is 27.7 Å². The van der Waals surface area contributed by atoms with Crippen LogP contribution in [0.25, 0.3) is 0 Å². The molecule has 8 heteroatoms. The van der Waals surface area contributed by atoms with E-state index in [9.17, 15) is 9.59 Å². The molecule has 23 heavy (non-hydrogen) atoms. The molecule has 1 aromatic carbocycles. The van der Waals surface area contributed by atoms with Crippen molar-refractivity contribution >= 4 is 46.9 Å². The Morgan fingerprint density at radius 1 is 1.22 bits per heavy atom. The molecular formula is C15H16Cl3NO4. The van der Waals surface area contributed by atoms with E-state index in [1.54, 1.807) is 25.1 Å². The van der Waals surface area contributed by atoms with Crippen molar-refractivity contribution in [2.75, 3.05) is 12.5 Å². The Labute approximate surface area is 149 Å². The SMILES string of the molecule is CCOC(=O)/C=C(/CCCl)NC(=O)OCc1ccc(Cl)c(Cl)c1. The van der Waals surface area contributed by atoms with Gasteiger partial charge in [-0.2, -0.15) is 0 Å². The monoisotopic (exact) mass is 379 g/mol. The highest BCUT2D eigenvalue weighted by Gasteiger charge is 2.09. The molecule has 0 saturated carbocycles. The maximum absolute atomic E-state index is 11.8. The lowest BCUT2D eigenvalue weighted by Crippen LogP contribution is -2.25. The number of amides is 1. The van der Waals surface area contributed by atoms with Crippen molar-refractivity contribution in [1.82, 2.24) is 5.32 Å². The van der Waals surface area contributed by atoms with E-state index in [1.807, 2.05) is 0 Å². The van der Waals surface area contributed by atoms with Crippen molar-refractivity contribution < 1.29 is 19.1 Å². The molecule has 0 radical (unpaired) electrons. The van der Waals surface area contributed by atoms with Gasteiger partial charge in [0, 0.05) is 24.1 Å². The molecule has 0 aliphatic rings. The van der Waals surface area contributed by atoms with E-state index in [2.05, 4.69) is 5.32 Å². The molecule has 0 heterocycles. The second-order valence-corrected chi connectivity index (χ2v) is 5.50. The number of alkyl halides is 1. The van der Waals surface area contributed by atoms with Gasteiger partial charge >= 0.3 is 12.1 Å². The van der Waals surface area contributed by atoms with E-state index >= 15 is 0 Å². The lowest BCUT2D eigenvalue weighted by atomic mass is 10.2. The quantitative estimate of drug-likeness (QED) is 0.435. The molecule has 0 atom stereocenters. The molecule has 1 rings (SSSR count). The second kappa shape index (κ2) is 10.4. The summed E-state index contributed by atoms with van der Waals surface area (Å²) in [6, 6.07) is 4.90. The average Bonchev–Trinajstić information content (AvgIpc) is 2.49. The van der Waals surface area contributed by atoms with E-state index in [0.717, 1.165) is 0 Å². The highest BCUT2D eigenvalue weighted by molar-refractivity contribution is 6.42. The van der Waals surface area contributed by atoms with Gasteiger partial charge in [-0.1, -0.05) is 29.3 Å². The van der Waals surface area contributed by atoms with E-state index in [4.69, 9.17) is 44.3 Å². The Bertz CT molecular complexity index is 590. The number of rotatable bonds is 7. The highest BCUT2D eigenvalue weighted by Crippen LogP contribution is 2.22. The molecule has 1 aromatic rings. The van der Waals surface area contributed by atoms with Crippen LogP contribution in [0.3, 0.4) is 0 Å². The molecule has 5 nitrogen and oxygen atoms in total. The fourth-order valence-electron chi connectivity index (χ4n) is 1.54. The minimum Gasteiger partial charge on any atom is -0.463 e. The smallest absolute Gasteiger partial charge is 0.411 e. The zero-order valence-electron chi connectivity index (χ0n) is 12.4. The van der Waals surface area contributed by atoms with Crippen LogP contribution in [0.5, 0.6) is 0 Å². The zero-order valence-corrected chi connectivity index (χ0v) is 14.7. The standard InChI is InChI=1S/C15H16Cl3NO4/c1-2-22-14(20)8-11(5-6-16)19-15(21)23-9-10-3-4-12(17)13(18)7-10/h3-4,7-8H,2,5-6,9H2,1H3,(H,19,21)/b11-8-. The summed E-state index contributed by atoms with van der Waals surface area (Å²) in [5.74, 6) is -0.324. The minimum atomic E-state index is -0.711. The van der Waals surface area contributed by atoms with Crippen molar-refractivity contribution in [2.45, 2.75) is 20.0 Å². The summed E-state index contributed by atoms with van der Waals surface area (Å²) >= 11 is 17.3. The van der Waals surface area contributed by atoms with Crippen LogP contribution < -0.4 is 5.32 Å². The lowest BCUT2D eigenvalue weighted by molar-refractivity contribution is -0.137. The third-order valence-electron chi connectivity index (χ3n) is 2.56. The number of benzene rings is 1. The molecular weight excluding hydrogens is 365 g/mol. The average molecular weight is 381 g/mol. The largest absolute Gasteiger partial charge is 0.463 e. The first-order chi connectivity index (χ1) is 11.0. The van der Waals surface area contributed by atoms with Crippen LogP contribution >= 0.6 is 34.8 Å². The summed E-state index contributed by atoms with van der Waals surface area (Å²) in [5.41, 5.74) is 1.00. The Hall–Kier alpha value is -1.43. The number of ether oxygens (including phenoxy) is 2. The number of halogens is 3. The van der Waals surface area contributed by atoms with Gasteiger partial charge in [0.05, 0.1) is 16.7 Å².